The van der Waals surface area contributed by atoms with E-state index in [0.717, 1.165) is 24.1 Å². The number of fused-ring (bicyclic) bond motifs is 1. The Morgan fingerprint density at radius 1 is 1.53 bits per heavy atom. The molecular formula is C12H10N4O. The quantitative estimate of drug-likeness (QED) is 0.791. The van der Waals surface area contributed by atoms with Crippen LogP contribution in [0.25, 0.3) is 11.0 Å². The number of aromatic nitrogens is 3. The van der Waals surface area contributed by atoms with Gasteiger partial charge in [-0.15, -0.1) is 0 Å². The minimum absolute atomic E-state index is 0.211. The van der Waals surface area contributed by atoms with Crippen molar-refractivity contribution in [3.63, 3.8) is 0 Å². The van der Waals surface area contributed by atoms with Crippen molar-refractivity contribution < 1.29 is 0 Å². The molecule has 1 aliphatic rings. The third kappa shape index (κ3) is 1.34. The summed E-state index contributed by atoms with van der Waals surface area (Å²) in [7, 11) is 0. The number of aromatic amines is 1. The first-order chi connectivity index (χ1) is 8.16. The molecule has 84 valence electrons. The predicted molar refractivity (Wildman–Crippen MR) is 61.4 cm³/mol. The van der Waals surface area contributed by atoms with Gasteiger partial charge in [0.25, 0.3) is 5.56 Å². The van der Waals surface area contributed by atoms with Crippen LogP contribution in [0.2, 0.25) is 0 Å². The number of hydrogen-bond acceptors (Lipinski definition) is 4. The van der Waals surface area contributed by atoms with E-state index in [1.165, 1.54) is 6.33 Å². The molecular weight excluding hydrogens is 216 g/mol. The minimum atomic E-state index is -0.423. The molecule has 17 heavy (non-hydrogen) atoms. The molecule has 0 aromatic carbocycles. The number of rotatable bonds is 1. The molecule has 0 bridgehead atoms. The van der Waals surface area contributed by atoms with Gasteiger partial charge >= 0.3 is 0 Å². The van der Waals surface area contributed by atoms with Crippen molar-refractivity contribution >= 4 is 11.0 Å². The average molecular weight is 226 g/mol. The normalized spacial score (nSPS) is 16.7. The van der Waals surface area contributed by atoms with Crippen LogP contribution in [-0.2, 0) is 5.41 Å². The van der Waals surface area contributed by atoms with Crippen LogP contribution in [0.4, 0.5) is 0 Å². The van der Waals surface area contributed by atoms with Gasteiger partial charge in [0.2, 0.25) is 0 Å². The molecule has 5 heteroatoms. The number of H-pyrrole nitrogens is 1. The number of aryl methyl sites for hydroxylation is 1. The largest absolute Gasteiger partial charge is 0.313 e. The van der Waals surface area contributed by atoms with Gasteiger partial charge in [0, 0.05) is 5.69 Å². The lowest BCUT2D eigenvalue weighted by Crippen LogP contribution is -2.12. The molecule has 1 fully saturated rings. The fourth-order valence-corrected chi connectivity index (χ4v) is 2.14. The van der Waals surface area contributed by atoms with Gasteiger partial charge in [0.15, 0.2) is 5.65 Å². The molecule has 0 aliphatic heterocycles. The lowest BCUT2D eigenvalue weighted by atomic mass is 9.95. The molecule has 3 rings (SSSR count). The van der Waals surface area contributed by atoms with Gasteiger partial charge in [-0.1, -0.05) is 0 Å². The van der Waals surface area contributed by atoms with E-state index >= 15 is 0 Å². The summed E-state index contributed by atoms with van der Waals surface area (Å²) >= 11 is 0. The third-order valence-electron chi connectivity index (χ3n) is 3.30. The fourth-order valence-electron chi connectivity index (χ4n) is 2.14. The van der Waals surface area contributed by atoms with Crippen LogP contribution < -0.4 is 5.56 Å². The highest BCUT2D eigenvalue weighted by Crippen LogP contribution is 2.48. The van der Waals surface area contributed by atoms with E-state index in [2.05, 4.69) is 21.0 Å². The molecule has 2 aromatic heterocycles. The molecule has 0 spiro atoms. The van der Waals surface area contributed by atoms with Crippen molar-refractivity contribution in [2.75, 3.05) is 0 Å². The van der Waals surface area contributed by atoms with Crippen molar-refractivity contribution in [3.05, 3.63) is 34.0 Å². The Kier molecular flexibility index (Phi) is 1.84. The van der Waals surface area contributed by atoms with E-state index < -0.39 is 5.41 Å². The van der Waals surface area contributed by atoms with Crippen LogP contribution >= 0.6 is 0 Å². The molecule has 2 aromatic rings. The highest BCUT2D eigenvalue weighted by Gasteiger charge is 2.46. The zero-order valence-electron chi connectivity index (χ0n) is 9.32. The van der Waals surface area contributed by atoms with E-state index in [4.69, 9.17) is 0 Å². The highest BCUT2D eigenvalue weighted by molar-refractivity contribution is 5.75. The first-order valence-electron chi connectivity index (χ1n) is 5.43. The Balaban J connectivity index is 2.35. The summed E-state index contributed by atoms with van der Waals surface area (Å²) in [4.78, 5) is 22.5. The van der Waals surface area contributed by atoms with E-state index in [0.29, 0.717) is 11.0 Å². The standard InChI is InChI=1S/C12H10N4O/c1-7-9(12(5-13)2-3-12)4-8-10(16-7)14-6-15-11(8)17/h4,6H,2-3H2,1H3,(H,14,15,16,17). The molecule has 2 heterocycles. The zero-order chi connectivity index (χ0) is 12.0. The van der Waals surface area contributed by atoms with Crippen LogP contribution in [0, 0.1) is 18.3 Å². The van der Waals surface area contributed by atoms with Crippen molar-refractivity contribution in [1.29, 1.82) is 5.26 Å². The number of nitriles is 1. The van der Waals surface area contributed by atoms with Gasteiger partial charge in [-0.25, -0.2) is 9.97 Å². The van der Waals surface area contributed by atoms with Crippen molar-refractivity contribution in [2.45, 2.75) is 25.2 Å². The third-order valence-corrected chi connectivity index (χ3v) is 3.30. The smallest absolute Gasteiger partial charge is 0.260 e. The predicted octanol–water partition coefficient (Wildman–Crippen LogP) is 1.18. The van der Waals surface area contributed by atoms with Gasteiger partial charge in [0.1, 0.15) is 0 Å². The van der Waals surface area contributed by atoms with Crippen LogP contribution in [-0.4, -0.2) is 15.0 Å². The summed E-state index contributed by atoms with van der Waals surface area (Å²) in [6, 6.07) is 4.08. The van der Waals surface area contributed by atoms with Crippen molar-refractivity contribution in [1.82, 2.24) is 15.0 Å². The van der Waals surface area contributed by atoms with Gasteiger partial charge in [-0.05, 0) is 31.4 Å². The average Bonchev–Trinajstić information content (AvgIpc) is 3.09. The van der Waals surface area contributed by atoms with E-state index in [1.807, 2.05) is 6.92 Å². The van der Waals surface area contributed by atoms with E-state index in [-0.39, 0.29) is 5.56 Å². The summed E-state index contributed by atoms with van der Waals surface area (Å²) in [5, 5.41) is 9.65. The molecule has 0 radical (unpaired) electrons. The van der Waals surface area contributed by atoms with E-state index in [9.17, 15) is 10.1 Å². The number of pyridine rings is 1. The molecule has 0 amide bonds. The number of nitrogens with one attached hydrogen (secondary N) is 1. The Hall–Kier alpha value is -2.22. The second-order valence-corrected chi connectivity index (χ2v) is 4.42. The van der Waals surface area contributed by atoms with Crippen LogP contribution in [0.15, 0.2) is 17.2 Å². The summed E-state index contributed by atoms with van der Waals surface area (Å²) in [6.45, 7) is 1.86. The summed E-state index contributed by atoms with van der Waals surface area (Å²) in [5.41, 5.74) is 1.45. The number of hydrogen-bond donors (Lipinski definition) is 1. The molecule has 1 saturated carbocycles. The lowest BCUT2D eigenvalue weighted by Gasteiger charge is -2.09. The lowest BCUT2D eigenvalue weighted by molar-refractivity contribution is 0.880. The topological polar surface area (TPSA) is 82.4 Å². The Labute approximate surface area is 97.1 Å². The van der Waals surface area contributed by atoms with E-state index in [1.54, 1.807) is 6.07 Å². The first-order valence-corrected chi connectivity index (χ1v) is 5.43. The second kappa shape index (κ2) is 3.14. The summed E-state index contributed by atoms with van der Waals surface area (Å²) in [6.07, 6.45) is 3.03. The maximum Gasteiger partial charge on any atom is 0.260 e. The molecule has 0 unspecified atom stereocenters. The first kappa shape index (κ1) is 9.97. The van der Waals surface area contributed by atoms with Crippen molar-refractivity contribution in [3.8, 4) is 6.07 Å². The van der Waals surface area contributed by atoms with Crippen LogP contribution in [0.5, 0.6) is 0 Å². The zero-order valence-corrected chi connectivity index (χ0v) is 9.32. The van der Waals surface area contributed by atoms with Gasteiger partial charge in [-0.3, -0.25) is 4.79 Å². The second-order valence-electron chi connectivity index (χ2n) is 4.42. The Morgan fingerprint density at radius 3 is 2.94 bits per heavy atom. The minimum Gasteiger partial charge on any atom is -0.313 e. The maximum absolute atomic E-state index is 11.7. The highest BCUT2D eigenvalue weighted by atomic mass is 16.1. The fraction of sp³-hybridized carbons (Fsp3) is 0.333. The van der Waals surface area contributed by atoms with Crippen LogP contribution in [0.1, 0.15) is 24.1 Å². The Morgan fingerprint density at radius 2 is 2.29 bits per heavy atom. The van der Waals surface area contributed by atoms with Gasteiger partial charge < -0.3 is 4.98 Å². The van der Waals surface area contributed by atoms with Crippen LogP contribution in [0.3, 0.4) is 0 Å². The molecule has 0 saturated heterocycles. The van der Waals surface area contributed by atoms with Crippen molar-refractivity contribution in [2.24, 2.45) is 0 Å². The summed E-state index contributed by atoms with van der Waals surface area (Å²) < 4.78 is 0. The monoisotopic (exact) mass is 226 g/mol. The van der Waals surface area contributed by atoms with Gasteiger partial charge in [-0.2, -0.15) is 5.26 Å². The van der Waals surface area contributed by atoms with Gasteiger partial charge in [0.05, 0.1) is 23.2 Å². The molecule has 1 N–H and O–H groups in total. The maximum atomic E-state index is 11.7. The SMILES string of the molecule is Cc1nc2nc[nH]c(=O)c2cc1C1(C#N)CC1. The Bertz CT molecular complexity index is 706. The molecule has 1 aliphatic carbocycles. The number of nitrogens with zero attached hydrogens (tertiary/aromatic N) is 3. The molecule has 0 atom stereocenters. The molecule has 5 nitrogen and oxygen atoms in total. The summed E-state index contributed by atoms with van der Waals surface area (Å²) in [5.74, 6) is 0.